The van der Waals surface area contributed by atoms with Gasteiger partial charge in [0, 0.05) is 0 Å². The van der Waals surface area contributed by atoms with Crippen LogP contribution in [0.25, 0.3) is 10.9 Å². The molecule has 0 spiro atoms. The summed E-state index contributed by atoms with van der Waals surface area (Å²) in [7, 11) is 0. The number of carbonyl (C=O) groups excluding carboxylic acids is 1. The first kappa shape index (κ1) is 10.8. The van der Waals surface area contributed by atoms with Crippen molar-refractivity contribution in [1.82, 2.24) is 9.55 Å². The minimum absolute atomic E-state index is 0.235. The van der Waals surface area contributed by atoms with Crippen LogP contribution in [0.3, 0.4) is 0 Å². The molecule has 5 heteroatoms. The molecule has 2 aromatic rings. The van der Waals surface area contributed by atoms with Gasteiger partial charge in [0.1, 0.15) is 11.7 Å². The predicted molar refractivity (Wildman–Crippen MR) is 62.1 cm³/mol. The molecule has 0 aliphatic rings. The van der Waals surface area contributed by atoms with Crippen LogP contribution >= 0.6 is 11.6 Å². The normalized spacial score (nSPS) is 10.6. The molecule has 0 fully saturated rings. The third-order valence-electron chi connectivity index (χ3n) is 2.31. The van der Waals surface area contributed by atoms with Crippen molar-refractivity contribution in [2.24, 2.45) is 0 Å². The molecule has 1 heterocycles. The van der Waals surface area contributed by atoms with Crippen LogP contribution in [-0.2, 0) is 0 Å². The van der Waals surface area contributed by atoms with E-state index in [4.69, 9.17) is 11.6 Å². The SMILES string of the molecule is Cc1nc2ccccc2c(=O)n1C(=O)CCl. The Morgan fingerprint density at radius 1 is 1.44 bits per heavy atom. The molecule has 0 aliphatic carbocycles. The molecule has 4 nitrogen and oxygen atoms in total. The number of alkyl halides is 1. The predicted octanol–water partition coefficient (Wildman–Crippen LogP) is 1.58. The van der Waals surface area contributed by atoms with Gasteiger partial charge in [-0.15, -0.1) is 11.6 Å². The molecule has 0 aliphatic heterocycles. The van der Waals surface area contributed by atoms with Crippen molar-refractivity contribution < 1.29 is 4.79 Å². The van der Waals surface area contributed by atoms with E-state index in [1.54, 1.807) is 31.2 Å². The van der Waals surface area contributed by atoms with Gasteiger partial charge >= 0.3 is 0 Å². The number of hydrogen-bond donors (Lipinski definition) is 0. The number of nitrogens with zero attached hydrogens (tertiary/aromatic N) is 2. The zero-order valence-corrected chi connectivity index (χ0v) is 9.36. The second kappa shape index (κ2) is 4.06. The second-order valence-electron chi connectivity index (χ2n) is 3.34. The summed E-state index contributed by atoms with van der Waals surface area (Å²) < 4.78 is 1.01. The fraction of sp³-hybridized carbons (Fsp3) is 0.182. The van der Waals surface area contributed by atoms with E-state index in [1.165, 1.54) is 0 Å². The fourth-order valence-corrected chi connectivity index (χ4v) is 1.72. The maximum atomic E-state index is 12.0. The van der Waals surface area contributed by atoms with Gasteiger partial charge in [-0.1, -0.05) is 12.1 Å². The first-order valence-electron chi connectivity index (χ1n) is 4.72. The zero-order chi connectivity index (χ0) is 11.7. The van der Waals surface area contributed by atoms with Gasteiger partial charge in [-0.05, 0) is 19.1 Å². The second-order valence-corrected chi connectivity index (χ2v) is 3.61. The van der Waals surface area contributed by atoms with Crippen LogP contribution < -0.4 is 5.56 Å². The molecule has 0 amide bonds. The van der Waals surface area contributed by atoms with Gasteiger partial charge in [0.05, 0.1) is 10.9 Å². The van der Waals surface area contributed by atoms with Crippen molar-refractivity contribution in [1.29, 1.82) is 0 Å². The molecule has 1 aromatic heterocycles. The lowest BCUT2D eigenvalue weighted by Crippen LogP contribution is -2.30. The van der Waals surface area contributed by atoms with Gasteiger partial charge in [0.2, 0.25) is 5.91 Å². The highest BCUT2D eigenvalue weighted by Gasteiger charge is 2.12. The van der Waals surface area contributed by atoms with Crippen molar-refractivity contribution in [3.8, 4) is 0 Å². The average Bonchev–Trinajstić information content (AvgIpc) is 2.28. The number of carbonyl (C=O) groups is 1. The van der Waals surface area contributed by atoms with Gasteiger partial charge in [0.15, 0.2) is 0 Å². The smallest absolute Gasteiger partial charge is 0.268 e. The van der Waals surface area contributed by atoms with Gasteiger partial charge in [-0.2, -0.15) is 0 Å². The number of aryl methyl sites for hydroxylation is 1. The number of benzene rings is 1. The van der Waals surface area contributed by atoms with Crippen LogP contribution in [0.2, 0.25) is 0 Å². The third kappa shape index (κ3) is 1.61. The molecule has 16 heavy (non-hydrogen) atoms. The first-order valence-corrected chi connectivity index (χ1v) is 5.26. The van der Waals surface area contributed by atoms with Crippen molar-refractivity contribution >= 4 is 28.4 Å². The Balaban J connectivity index is 2.86. The molecule has 0 saturated carbocycles. The molecule has 82 valence electrons. The minimum atomic E-state index is -0.456. The summed E-state index contributed by atoms with van der Waals surface area (Å²) in [5, 5.41) is 0.423. The first-order chi connectivity index (χ1) is 7.65. The Labute approximate surface area is 96.5 Å². The summed E-state index contributed by atoms with van der Waals surface area (Å²) in [6.45, 7) is 1.61. The van der Waals surface area contributed by atoms with Gasteiger partial charge in [0.25, 0.3) is 5.56 Å². The monoisotopic (exact) mass is 236 g/mol. The number of hydrogen-bond acceptors (Lipinski definition) is 3. The molecule has 1 aromatic carbocycles. The van der Waals surface area contributed by atoms with Crippen molar-refractivity contribution in [2.75, 3.05) is 5.88 Å². The Morgan fingerprint density at radius 3 is 2.81 bits per heavy atom. The van der Waals surface area contributed by atoms with Crippen LogP contribution in [0, 0.1) is 6.92 Å². The van der Waals surface area contributed by atoms with Gasteiger partial charge < -0.3 is 0 Å². The van der Waals surface area contributed by atoms with E-state index in [9.17, 15) is 9.59 Å². The molecule has 0 radical (unpaired) electrons. The Hall–Kier alpha value is -1.68. The van der Waals surface area contributed by atoms with Crippen molar-refractivity contribution in [3.05, 3.63) is 40.4 Å². The Kier molecular flexibility index (Phi) is 2.75. The fourth-order valence-electron chi connectivity index (χ4n) is 1.60. The Bertz CT molecular complexity index is 619. The Morgan fingerprint density at radius 2 is 2.12 bits per heavy atom. The highest BCUT2D eigenvalue weighted by Crippen LogP contribution is 2.07. The minimum Gasteiger partial charge on any atom is -0.273 e. The molecule has 0 saturated heterocycles. The third-order valence-corrected chi connectivity index (χ3v) is 2.54. The van der Waals surface area contributed by atoms with Crippen LogP contribution in [0.15, 0.2) is 29.1 Å². The molecular formula is C11H9ClN2O2. The average molecular weight is 237 g/mol. The molecule has 0 bridgehead atoms. The number of fused-ring (bicyclic) bond motifs is 1. The largest absolute Gasteiger partial charge is 0.273 e. The van der Waals surface area contributed by atoms with Crippen LogP contribution in [0.1, 0.15) is 10.6 Å². The lowest BCUT2D eigenvalue weighted by molar-refractivity contribution is 0.0933. The molecule has 0 unspecified atom stereocenters. The van der Waals surface area contributed by atoms with Crippen molar-refractivity contribution in [2.45, 2.75) is 6.92 Å². The number of para-hydroxylation sites is 1. The molecular weight excluding hydrogens is 228 g/mol. The summed E-state index contributed by atoms with van der Waals surface area (Å²) in [6.07, 6.45) is 0. The molecule has 0 atom stereocenters. The molecule has 2 rings (SSSR count). The van der Waals surface area contributed by atoms with Crippen LogP contribution in [-0.4, -0.2) is 21.3 Å². The zero-order valence-electron chi connectivity index (χ0n) is 8.61. The van der Waals surface area contributed by atoms with Crippen molar-refractivity contribution in [3.63, 3.8) is 0 Å². The quantitative estimate of drug-likeness (QED) is 0.707. The summed E-state index contributed by atoms with van der Waals surface area (Å²) in [5.74, 6) is -0.336. The van der Waals surface area contributed by atoms with Crippen LogP contribution in [0.4, 0.5) is 0 Å². The van der Waals surface area contributed by atoms with E-state index in [1.807, 2.05) is 0 Å². The number of aromatic nitrogens is 2. The van der Waals surface area contributed by atoms with Crippen LogP contribution in [0.5, 0.6) is 0 Å². The maximum absolute atomic E-state index is 12.0. The summed E-state index contributed by atoms with van der Waals surface area (Å²) >= 11 is 5.44. The van der Waals surface area contributed by atoms with E-state index in [2.05, 4.69) is 4.98 Å². The summed E-state index contributed by atoms with van der Waals surface area (Å²) in [4.78, 5) is 27.7. The molecule has 0 N–H and O–H groups in total. The number of halogens is 1. The van der Waals surface area contributed by atoms with E-state index >= 15 is 0 Å². The topological polar surface area (TPSA) is 52.0 Å². The summed E-state index contributed by atoms with van der Waals surface area (Å²) in [6, 6.07) is 6.90. The maximum Gasteiger partial charge on any atom is 0.268 e. The highest BCUT2D eigenvalue weighted by molar-refractivity contribution is 6.27. The highest BCUT2D eigenvalue weighted by atomic mass is 35.5. The standard InChI is InChI=1S/C11H9ClN2O2/c1-7-13-9-5-3-2-4-8(9)11(16)14(7)10(15)6-12/h2-5H,6H2,1H3. The van der Waals surface area contributed by atoms with Gasteiger partial charge in [-0.3, -0.25) is 9.59 Å². The van der Waals surface area contributed by atoms with E-state index < -0.39 is 5.91 Å². The summed E-state index contributed by atoms with van der Waals surface area (Å²) in [5.41, 5.74) is 0.220. The van der Waals surface area contributed by atoms with E-state index in [-0.39, 0.29) is 11.4 Å². The van der Waals surface area contributed by atoms with E-state index in [0.29, 0.717) is 16.7 Å². The lowest BCUT2D eigenvalue weighted by Gasteiger charge is -2.07. The number of rotatable bonds is 1. The van der Waals surface area contributed by atoms with E-state index in [0.717, 1.165) is 4.57 Å². The van der Waals surface area contributed by atoms with Gasteiger partial charge in [-0.25, -0.2) is 9.55 Å². The lowest BCUT2D eigenvalue weighted by atomic mass is 10.2.